The van der Waals surface area contributed by atoms with Crippen molar-refractivity contribution in [3.05, 3.63) is 167 Å². The third-order valence-corrected chi connectivity index (χ3v) is 10.7. The second kappa shape index (κ2) is 11.9. The number of hydrogen-bond donors (Lipinski definition) is 0. The van der Waals surface area contributed by atoms with Crippen molar-refractivity contribution < 1.29 is 0 Å². The van der Waals surface area contributed by atoms with Gasteiger partial charge < -0.3 is 9.13 Å². The maximum atomic E-state index is 10.6. The van der Waals surface area contributed by atoms with Crippen LogP contribution in [0.1, 0.15) is 41.5 Å². The summed E-state index contributed by atoms with van der Waals surface area (Å²) in [7, 11) is 0. The summed E-state index contributed by atoms with van der Waals surface area (Å²) in [6.07, 6.45) is 14.3. The Balaban J connectivity index is 1.16. The topological polar surface area (TPSA) is 81.2 Å². The van der Waals surface area contributed by atoms with Gasteiger partial charge in [-0.2, -0.15) is 15.8 Å². The van der Waals surface area contributed by atoms with E-state index in [2.05, 4.69) is 125 Å². The summed E-state index contributed by atoms with van der Waals surface area (Å²) in [4.78, 5) is 0. The highest BCUT2D eigenvalue weighted by Crippen LogP contribution is 2.46. The number of allylic oxidation sites excluding steroid dienone is 8. The molecule has 0 amide bonds. The summed E-state index contributed by atoms with van der Waals surface area (Å²) in [5.41, 5.74) is 10.4. The lowest BCUT2D eigenvalue weighted by molar-refractivity contribution is 0.548. The summed E-state index contributed by atoms with van der Waals surface area (Å²) in [5, 5.41) is 34.3. The number of nitrogens with zero attached hydrogens (tertiary/aromatic N) is 5. The van der Waals surface area contributed by atoms with Crippen molar-refractivity contribution in [1.82, 2.24) is 9.13 Å². The second-order valence-electron chi connectivity index (χ2n) is 13.4. The molecular formula is C46H31N5. The largest absolute Gasteiger partial charge is 0.310 e. The Labute approximate surface area is 295 Å². The average Bonchev–Trinajstić information content (AvgIpc) is 3.70. The molecule has 0 aliphatic heterocycles. The fraction of sp³-hybridized carbons (Fsp3) is 0.109. The summed E-state index contributed by atoms with van der Waals surface area (Å²) in [6, 6.07) is 41.8. The van der Waals surface area contributed by atoms with Gasteiger partial charge in [-0.25, -0.2) is 0 Å². The minimum atomic E-state index is 0.0543. The van der Waals surface area contributed by atoms with Crippen LogP contribution in [0.3, 0.4) is 0 Å². The van der Waals surface area contributed by atoms with Gasteiger partial charge in [0.05, 0.1) is 56.6 Å². The Kier molecular flexibility index (Phi) is 7.06. The molecule has 5 nitrogen and oxygen atoms in total. The summed E-state index contributed by atoms with van der Waals surface area (Å²) >= 11 is 0. The van der Waals surface area contributed by atoms with E-state index < -0.39 is 0 Å². The van der Waals surface area contributed by atoms with Crippen LogP contribution in [0, 0.1) is 45.8 Å². The molecule has 0 bridgehead atoms. The van der Waals surface area contributed by atoms with Gasteiger partial charge in [-0.1, -0.05) is 97.5 Å². The SMILES string of the molecule is CC1C=CC=C(C2C=CC(n3c4ccc(C#N)cc4c4c(C#N)cccc43)=CC2)C1c1cccc(C#N)c1-n1c2ccccc2c2ccccc21. The molecular weight excluding hydrogens is 623 g/mol. The van der Waals surface area contributed by atoms with E-state index in [9.17, 15) is 15.8 Å². The molecule has 2 aliphatic rings. The van der Waals surface area contributed by atoms with Crippen LogP contribution in [-0.2, 0) is 0 Å². The normalized spacial score (nSPS) is 18.4. The predicted molar refractivity (Wildman–Crippen MR) is 205 cm³/mol. The van der Waals surface area contributed by atoms with E-state index in [0.717, 1.165) is 56.2 Å². The lowest BCUT2D eigenvalue weighted by Gasteiger charge is -2.34. The van der Waals surface area contributed by atoms with E-state index in [4.69, 9.17) is 0 Å². The molecule has 2 aliphatic carbocycles. The lowest BCUT2D eigenvalue weighted by Crippen LogP contribution is -2.21. The van der Waals surface area contributed by atoms with E-state index in [1.54, 1.807) is 0 Å². The van der Waals surface area contributed by atoms with Crippen molar-refractivity contribution in [3.8, 4) is 23.9 Å². The van der Waals surface area contributed by atoms with Gasteiger partial charge in [0.2, 0.25) is 0 Å². The maximum Gasteiger partial charge on any atom is 0.101 e. The smallest absolute Gasteiger partial charge is 0.101 e. The molecule has 0 saturated heterocycles. The number of fused-ring (bicyclic) bond motifs is 6. The first-order valence-corrected chi connectivity index (χ1v) is 17.3. The molecule has 0 radical (unpaired) electrons. The minimum Gasteiger partial charge on any atom is -0.310 e. The van der Waals surface area contributed by atoms with E-state index in [1.807, 2.05) is 48.5 Å². The third kappa shape index (κ3) is 4.59. The van der Waals surface area contributed by atoms with Gasteiger partial charge in [0.25, 0.3) is 0 Å². The third-order valence-electron chi connectivity index (χ3n) is 10.7. The average molecular weight is 654 g/mol. The van der Waals surface area contributed by atoms with Crippen LogP contribution in [0.15, 0.2) is 145 Å². The molecule has 9 rings (SSSR count). The monoisotopic (exact) mass is 653 g/mol. The highest BCUT2D eigenvalue weighted by molar-refractivity contribution is 6.13. The van der Waals surface area contributed by atoms with Gasteiger partial charge in [-0.15, -0.1) is 0 Å². The van der Waals surface area contributed by atoms with Crippen LogP contribution in [0.2, 0.25) is 0 Å². The fourth-order valence-electron chi connectivity index (χ4n) is 8.53. The maximum absolute atomic E-state index is 10.6. The molecule has 2 heterocycles. The zero-order chi connectivity index (χ0) is 34.6. The molecule has 3 unspecified atom stereocenters. The van der Waals surface area contributed by atoms with Crippen LogP contribution in [0.25, 0.3) is 55.0 Å². The van der Waals surface area contributed by atoms with Crippen LogP contribution in [0.5, 0.6) is 0 Å². The van der Waals surface area contributed by atoms with Crippen LogP contribution in [-0.4, -0.2) is 9.13 Å². The first kappa shape index (κ1) is 30.2. The van der Waals surface area contributed by atoms with Crippen molar-refractivity contribution in [2.24, 2.45) is 11.8 Å². The van der Waals surface area contributed by atoms with Gasteiger partial charge >= 0.3 is 0 Å². The molecule has 2 aromatic heterocycles. The lowest BCUT2D eigenvalue weighted by atomic mass is 9.71. The molecule has 0 fully saturated rings. The van der Waals surface area contributed by atoms with Gasteiger partial charge in [0, 0.05) is 39.1 Å². The molecule has 0 saturated carbocycles. The van der Waals surface area contributed by atoms with Crippen molar-refractivity contribution in [1.29, 1.82) is 15.8 Å². The van der Waals surface area contributed by atoms with Crippen molar-refractivity contribution >= 4 is 49.3 Å². The molecule has 7 aromatic rings. The van der Waals surface area contributed by atoms with Crippen LogP contribution in [0.4, 0.5) is 0 Å². The number of aromatic nitrogens is 2. The standard InChI is InChI=1S/C46H31N5/c1-29-9-6-14-35(31-20-22-34(23-21-31)50-42-24-19-30(26-47)25-39(42)45-32(27-48)10-8-18-43(45)50)44(29)38-15-7-11-33(28-49)46(38)51-40-16-4-2-12-36(40)37-13-3-5-17-41(37)51/h2-20,22-25,29,31,44H,21H2,1H3. The Morgan fingerprint density at radius 2 is 1.33 bits per heavy atom. The van der Waals surface area contributed by atoms with E-state index in [0.29, 0.717) is 16.7 Å². The Morgan fingerprint density at radius 3 is 2.04 bits per heavy atom. The second-order valence-corrected chi connectivity index (χ2v) is 13.4. The van der Waals surface area contributed by atoms with Gasteiger partial charge in [0.15, 0.2) is 0 Å². The van der Waals surface area contributed by atoms with E-state index in [1.165, 1.54) is 16.3 Å². The first-order chi connectivity index (χ1) is 25.1. The summed E-state index contributed by atoms with van der Waals surface area (Å²) in [6.45, 7) is 2.27. The fourth-order valence-corrected chi connectivity index (χ4v) is 8.53. The molecule has 0 spiro atoms. The number of rotatable bonds is 4. The summed E-state index contributed by atoms with van der Waals surface area (Å²) in [5.74, 6) is 0.412. The first-order valence-electron chi connectivity index (χ1n) is 17.3. The Bertz CT molecular complexity index is 2800. The molecule has 0 N–H and O–H groups in total. The Morgan fingerprint density at radius 1 is 0.647 bits per heavy atom. The van der Waals surface area contributed by atoms with Gasteiger partial charge in [-0.3, -0.25) is 0 Å². The van der Waals surface area contributed by atoms with Crippen molar-refractivity contribution in [2.45, 2.75) is 19.3 Å². The van der Waals surface area contributed by atoms with E-state index in [-0.39, 0.29) is 17.8 Å². The molecule has 3 atom stereocenters. The number of para-hydroxylation sites is 3. The van der Waals surface area contributed by atoms with Crippen LogP contribution >= 0.6 is 0 Å². The molecule has 51 heavy (non-hydrogen) atoms. The zero-order valence-corrected chi connectivity index (χ0v) is 28.0. The summed E-state index contributed by atoms with van der Waals surface area (Å²) < 4.78 is 4.51. The van der Waals surface area contributed by atoms with Gasteiger partial charge in [0.1, 0.15) is 6.07 Å². The van der Waals surface area contributed by atoms with E-state index >= 15 is 0 Å². The highest BCUT2D eigenvalue weighted by Gasteiger charge is 2.32. The highest BCUT2D eigenvalue weighted by atomic mass is 15.0. The number of benzene rings is 5. The molecule has 5 aromatic carbocycles. The number of nitriles is 3. The number of hydrogen-bond acceptors (Lipinski definition) is 3. The van der Waals surface area contributed by atoms with Gasteiger partial charge in [-0.05, 0) is 72.5 Å². The van der Waals surface area contributed by atoms with Crippen molar-refractivity contribution in [2.75, 3.05) is 0 Å². The quantitative estimate of drug-likeness (QED) is 0.190. The Hall–Kier alpha value is -6.87. The van der Waals surface area contributed by atoms with Crippen LogP contribution < -0.4 is 0 Å². The molecule has 5 heteroatoms. The zero-order valence-electron chi connectivity index (χ0n) is 28.0. The molecule has 240 valence electrons. The predicted octanol–water partition coefficient (Wildman–Crippen LogP) is 10.8. The van der Waals surface area contributed by atoms with Crippen molar-refractivity contribution in [3.63, 3.8) is 0 Å². The minimum absolute atomic E-state index is 0.0543.